The summed E-state index contributed by atoms with van der Waals surface area (Å²) in [6.07, 6.45) is 6.42. The van der Waals surface area contributed by atoms with Gasteiger partial charge in [0.2, 0.25) is 0 Å². The van der Waals surface area contributed by atoms with Crippen LogP contribution >= 0.6 is 0 Å². The van der Waals surface area contributed by atoms with E-state index in [1.165, 1.54) is 12.8 Å². The molecule has 0 fully saturated rings. The van der Waals surface area contributed by atoms with Crippen molar-refractivity contribution in [1.29, 1.82) is 0 Å². The predicted octanol–water partition coefficient (Wildman–Crippen LogP) is 4.34. The highest BCUT2D eigenvalue weighted by atomic mass is 16.4. The average Bonchev–Trinajstić information content (AvgIpc) is 2.18. The lowest BCUT2D eigenvalue weighted by molar-refractivity contribution is -0.144. The van der Waals surface area contributed by atoms with Crippen LogP contribution in [0.25, 0.3) is 0 Å². The zero-order valence-corrected chi connectivity index (χ0v) is 11.3. The average molecular weight is 228 g/mol. The Kier molecular flexibility index (Phi) is 8.32. The molecular weight excluding hydrogens is 200 g/mol. The molecule has 0 saturated carbocycles. The minimum atomic E-state index is -0.607. The maximum atomic E-state index is 11.2. The summed E-state index contributed by atoms with van der Waals surface area (Å²) in [6, 6.07) is 0. The van der Waals surface area contributed by atoms with E-state index in [2.05, 4.69) is 27.7 Å². The Balaban J connectivity index is 4.08. The molecular formula is C14H28O2. The Labute approximate surface area is 100 Å². The van der Waals surface area contributed by atoms with Crippen molar-refractivity contribution in [3.63, 3.8) is 0 Å². The number of carbonyl (C=O) groups is 1. The molecule has 2 heteroatoms. The second-order valence-electron chi connectivity index (χ2n) is 5.18. The molecule has 0 amide bonds. The van der Waals surface area contributed by atoms with Crippen LogP contribution < -0.4 is 0 Å². The van der Waals surface area contributed by atoms with Gasteiger partial charge in [-0.05, 0) is 24.7 Å². The van der Waals surface area contributed by atoms with Crippen molar-refractivity contribution in [3.8, 4) is 0 Å². The van der Waals surface area contributed by atoms with Crippen LogP contribution in [0.4, 0.5) is 0 Å². The maximum Gasteiger partial charge on any atom is 0.306 e. The smallest absolute Gasteiger partial charge is 0.306 e. The second kappa shape index (κ2) is 8.60. The molecule has 0 saturated heterocycles. The summed E-state index contributed by atoms with van der Waals surface area (Å²) < 4.78 is 0. The van der Waals surface area contributed by atoms with Gasteiger partial charge < -0.3 is 5.11 Å². The molecule has 0 aromatic heterocycles. The van der Waals surface area contributed by atoms with Crippen LogP contribution in [0.1, 0.15) is 66.2 Å². The van der Waals surface area contributed by atoms with E-state index in [1.807, 2.05) is 0 Å². The third-order valence-corrected chi connectivity index (χ3v) is 3.50. The first-order valence-electron chi connectivity index (χ1n) is 6.75. The highest BCUT2D eigenvalue weighted by molar-refractivity contribution is 5.70. The van der Waals surface area contributed by atoms with E-state index in [9.17, 15) is 9.90 Å². The molecule has 16 heavy (non-hydrogen) atoms. The molecule has 0 aliphatic rings. The molecule has 96 valence electrons. The van der Waals surface area contributed by atoms with Gasteiger partial charge in [-0.15, -0.1) is 0 Å². The van der Waals surface area contributed by atoms with Gasteiger partial charge in [0.15, 0.2) is 0 Å². The number of carboxylic acid groups (broad SMARTS) is 1. The minimum absolute atomic E-state index is 0.140. The predicted molar refractivity (Wildman–Crippen MR) is 68.5 cm³/mol. The summed E-state index contributed by atoms with van der Waals surface area (Å²) in [6.45, 7) is 8.61. The highest BCUT2D eigenvalue weighted by Gasteiger charge is 2.24. The van der Waals surface area contributed by atoms with Crippen LogP contribution in [-0.2, 0) is 4.79 Å². The van der Waals surface area contributed by atoms with Crippen molar-refractivity contribution in [2.75, 3.05) is 0 Å². The number of hydrogen-bond acceptors (Lipinski definition) is 1. The van der Waals surface area contributed by atoms with Crippen molar-refractivity contribution in [1.82, 2.24) is 0 Å². The third kappa shape index (κ3) is 6.14. The Morgan fingerprint density at radius 1 is 1.00 bits per heavy atom. The van der Waals surface area contributed by atoms with E-state index in [0.717, 1.165) is 25.7 Å². The Hall–Kier alpha value is -0.530. The van der Waals surface area contributed by atoms with Gasteiger partial charge in [0.05, 0.1) is 5.92 Å². The lowest BCUT2D eigenvalue weighted by Crippen LogP contribution is -2.22. The fourth-order valence-corrected chi connectivity index (χ4v) is 2.41. The van der Waals surface area contributed by atoms with Crippen molar-refractivity contribution in [3.05, 3.63) is 0 Å². The van der Waals surface area contributed by atoms with Gasteiger partial charge in [-0.25, -0.2) is 0 Å². The fraction of sp³-hybridized carbons (Fsp3) is 0.929. The van der Waals surface area contributed by atoms with Crippen LogP contribution in [0, 0.1) is 17.8 Å². The highest BCUT2D eigenvalue weighted by Crippen LogP contribution is 2.25. The number of hydrogen-bond donors (Lipinski definition) is 1. The molecule has 0 aliphatic heterocycles. The summed E-state index contributed by atoms with van der Waals surface area (Å²) >= 11 is 0. The summed E-state index contributed by atoms with van der Waals surface area (Å²) in [5.74, 6) is 0.237. The van der Waals surface area contributed by atoms with E-state index in [4.69, 9.17) is 0 Å². The summed E-state index contributed by atoms with van der Waals surface area (Å²) in [4.78, 5) is 11.2. The lowest BCUT2D eigenvalue weighted by atomic mass is 9.84. The maximum absolute atomic E-state index is 11.2. The number of carboxylic acids is 1. The van der Waals surface area contributed by atoms with E-state index >= 15 is 0 Å². The molecule has 1 N–H and O–H groups in total. The summed E-state index contributed by atoms with van der Waals surface area (Å²) in [5.41, 5.74) is 0. The fourth-order valence-electron chi connectivity index (χ4n) is 2.41. The van der Waals surface area contributed by atoms with E-state index in [1.54, 1.807) is 0 Å². The first-order valence-corrected chi connectivity index (χ1v) is 6.75. The molecule has 0 rings (SSSR count). The first kappa shape index (κ1) is 15.5. The second-order valence-corrected chi connectivity index (χ2v) is 5.18. The van der Waals surface area contributed by atoms with Crippen molar-refractivity contribution in [2.24, 2.45) is 17.8 Å². The molecule has 0 bridgehead atoms. The molecule has 0 aromatic rings. The van der Waals surface area contributed by atoms with Crippen LogP contribution in [0.15, 0.2) is 0 Å². The van der Waals surface area contributed by atoms with Gasteiger partial charge in [-0.3, -0.25) is 4.79 Å². The van der Waals surface area contributed by atoms with Crippen LogP contribution in [0.3, 0.4) is 0 Å². The Morgan fingerprint density at radius 3 is 2.00 bits per heavy atom. The standard InChI is InChI=1S/C14H28O2/c1-5-7-11(3)9-10-13(14(15)16)12(4)8-6-2/h11-13H,5-10H2,1-4H3,(H,15,16). The summed E-state index contributed by atoms with van der Waals surface area (Å²) in [7, 11) is 0. The first-order chi connectivity index (χ1) is 7.52. The normalized spacial score (nSPS) is 16.8. The third-order valence-electron chi connectivity index (χ3n) is 3.50. The van der Waals surface area contributed by atoms with E-state index in [0.29, 0.717) is 11.8 Å². The largest absolute Gasteiger partial charge is 0.481 e. The van der Waals surface area contributed by atoms with Crippen molar-refractivity contribution in [2.45, 2.75) is 66.2 Å². The monoisotopic (exact) mass is 228 g/mol. The van der Waals surface area contributed by atoms with Gasteiger partial charge in [0.1, 0.15) is 0 Å². The van der Waals surface area contributed by atoms with E-state index < -0.39 is 5.97 Å². The molecule has 0 heterocycles. The Bertz CT molecular complexity index is 189. The molecule has 3 atom stereocenters. The van der Waals surface area contributed by atoms with Gasteiger partial charge >= 0.3 is 5.97 Å². The van der Waals surface area contributed by atoms with Crippen LogP contribution in [-0.4, -0.2) is 11.1 Å². The Morgan fingerprint density at radius 2 is 1.56 bits per heavy atom. The van der Waals surface area contributed by atoms with E-state index in [-0.39, 0.29) is 5.92 Å². The quantitative estimate of drug-likeness (QED) is 0.637. The molecule has 3 unspecified atom stereocenters. The van der Waals surface area contributed by atoms with Gasteiger partial charge in [0.25, 0.3) is 0 Å². The lowest BCUT2D eigenvalue weighted by Gasteiger charge is -2.21. The zero-order valence-electron chi connectivity index (χ0n) is 11.3. The summed E-state index contributed by atoms with van der Waals surface area (Å²) in [5, 5.41) is 9.21. The molecule has 0 aromatic carbocycles. The minimum Gasteiger partial charge on any atom is -0.481 e. The van der Waals surface area contributed by atoms with Gasteiger partial charge in [-0.1, -0.05) is 53.4 Å². The molecule has 0 radical (unpaired) electrons. The van der Waals surface area contributed by atoms with Gasteiger partial charge in [0, 0.05) is 0 Å². The molecule has 0 aliphatic carbocycles. The van der Waals surface area contributed by atoms with Crippen LogP contribution in [0.2, 0.25) is 0 Å². The SMILES string of the molecule is CCCC(C)CCC(C(=O)O)C(C)CCC. The van der Waals surface area contributed by atoms with Crippen molar-refractivity contribution >= 4 is 5.97 Å². The zero-order chi connectivity index (χ0) is 12.6. The van der Waals surface area contributed by atoms with Crippen LogP contribution in [0.5, 0.6) is 0 Å². The molecule has 0 spiro atoms. The topological polar surface area (TPSA) is 37.3 Å². The van der Waals surface area contributed by atoms with Gasteiger partial charge in [-0.2, -0.15) is 0 Å². The van der Waals surface area contributed by atoms with Crippen molar-refractivity contribution < 1.29 is 9.90 Å². The molecule has 2 nitrogen and oxygen atoms in total. The number of aliphatic carboxylic acids is 1. The number of rotatable bonds is 9.